The number of aromatic amines is 1. The van der Waals surface area contributed by atoms with Crippen molar-refractivity contribution in [3.63, 3.8) is 0 Å². The Morgan fingerprint density at radius 2 is 2.04 bits per heavy atom. The van der Waals surface area contributed by atoms with Crippen LogP contribution in [-0.2, 0) is 10.2 Å². The summed E-state index contributed by atoms with van der Waals surface area (Å²) in [5.74, 6) is 0.379. The lowest BCUT2D eigenvalue weighted by atomic mass is 9.96. The number of rotatable bonds is 6. The second kappa shape index (κ2) is 6.73. The van der Waals surface area contributed by atoms with E-state index in [1.807, 2.05) is 24.3 Å². The van der Waals surface area contributed by atoms with E-state index in [4.69, 9.17) is 11.6 Å². The quantitative estimate of drug-likeness (QED) is 0.640. The summed E-state index contributed by atoms with van der Waals surface area (Å²) in [7, 11) is 0. The number of H-pyrrole nitrogens is 1. The normalized spacial score (nSPS) is 15.2. The Balaban J connectivity index is 1.32. The molecule has 1 aliphatic carbocycles. The van der Waals surface area contributed by atoms with Crippen molar-refractivity contribution < 1.29 is 4.79 Å². The van der Waals surface area contributed by atoms with E-state index in [1.165, 1.54) is 17.3 Å². The van der Waals surface area contributed by atoms with E-state index in [0.29, 0.717) is 17.3 Å². The molecule has 2 N–H and O–H groups in total. The zero-order valence-corrected chi connectivity index (χ0v) is 15.2. The number of amides is 1. The summed E-state index contributed by atoms with van der Waals surface area (Å²) in [5, 5.41) is 4.48. The van der Waals surface area contributed by atoms with E-state index < -0.39 is 0 Å². The van der Waals surface area contributed by atoms with Gasteiger partial charge < -0.3 is 10.3 Å². The van der Waals surface area contributed by atoms with Crippen LogP contribution in [-0.4, -0.2) is 28.2 Å². The number of halogens is 1. The molecule has 1 aromatic heterocycles. The first-order valence-electron chi connectivity index (χ1n) is 8.25. The number of imidazole rings is 1. The minimum absolute atomic E-state index is 0.0331. The van der Waals surface area contributed by atoms with Gasteiger partial charge in [0.05, 0.1) is 16.8 Å². The van der Waals surface area contributed by atoms with Gasteiger partial charge >= 0.3 is 0 Å². The van der Waals surface area contributed by atoms with Crippen molar-refractivity contribution in [1.29, 1.82) is 0 Å². The number of carbonyl (C=O) groups excluding carboxylic acids is 1. The van der Waals surface area contributed by atoms with Crippen LogP contribution in [0.5, 0.6) is 0 Å². The summed E-state index contributed by atoms with van der Waals surface area (Å²) >= 11 is 7.38. The van der Waals surface area contributed by atoms with Crippen molar-refractivity contribution in [2.45, 2.75) is 23.4 Å². The second-order valence-corrected chi connectivity index (χ2v) is 7.82. The van der Waals surface area contributed by atoms with Crippen molar-refractivity contribution in [1.82, 2.24) is 15.3 Å². The molecule has 0 radical (unpaired) electrons. The Hall–Kier alpha value is -1.98. The first-order chi connectivity index (χ1) is 12.1. The number of hydrogen-bond donors (Lipinski definition) is 2. The van der Waals surface area contributed by atoms with Crippen LogP contribution >= 0.6 is 23.4 Å². The molecule has 1 fully saturated rings. The van der Waals surface area contributed by atoms with E-state index in [1.54, 1.807) is 0 Å². The van der Waals surface area contributed by atoms with Gasteiger partial charge in [-0.05, 0) is 36.6 Å². The van der Waals surface area contributed by atoms with Gasteiger partial charge in [0.2, 0.25) is 5.91 Å². The largest absolute Gasteiger partial charge is 0.354 e. The lowest BCUT2D eigenvalue weighted by Gasteiger charge is -2.16. The SMILES string of the molecule is O=C(CSc1nc2ccc(Cl)cc2[nH]1)NCC1(c2ccccc2)CC1. The number of aromatic nitrogens is 2. The first kappa shape index (κ1) is 16.5. The average Bonchev–Trinajstić information content (AvgIpc) is 3.32. The molecule has 0 unspecified atom stereocenters. The molecular formula is C19H18ClN3OS. The third-order valence-electron chi connectivity index (χ3n) is 4.63. The maximum Gasteiger partial charge on any atom is 0.230 e. The molecule has 1 saturated carbocycles. The van der Waals surface area contributed by atoms with E-state index in [9.17, 15) is 4.79 Å². The Morgan fingerprint density at radius 1 is 1.24 bits per heavy atom. The Morgan fingerprint density at radius 3 is 2.80 bits per heavy atom. The maximum atomic E-state index is 12.2. The average molecular weight is 372 g/mol. The van der Waals surface area contributed by atoms with Crippen LogP contribution < -0.4 is 5.32 Å². The fraction of sp³-hybridized carbons (Fsp3) is 0.263. The van der Waals surface area contributed by atoms with Gasteiger partial charge in [-0.2, -0.15) is 0 Å². The number of benzene rings is 2. The van der Waals surface area contributed by atoms with Gasteiger partial charge in [-0.15, -0.1) is 0 Å². The molecule has 0 spiro atoms. The second-order valence-electron chi connectivity index (χ2n) is 6.42. The van der Waals surface area contributed by atoms with E-state index in [0.717, 1.165) is 29.0 Å². The number of nitrogens with zero attached hydrogens (tertiary/aromatic N) is 1. The summed E-state index contributed by atoms with van der Waals surface area (Å²) in [5.41, 5.74) is 3.19. The number of thioether (sulfide) groups is 1. The molecule has 2 aromatic carbocycles. The third kappa shape index (κ3) is 3.67. The number of carbonyl (C=O) groups is 1. The Bertz CT molecular complexity index is 905. The van der Waals surface area contributed by atoms with Crippen LogP contribution in [0, 0.1) is 0 Å². The molecule has 1 aliphatic rings. The van der Waals surface area contributed by atoms with Crippen molar-refractivity contribution in [3.05, 3.63) is 59.1 Å². The monoisotopic (exact) mass is 371 g/mol. The molecule has 128 valence electrons. The van der Waals surface area contributed by atoms with E-state index in [2.05, 4.69) is 39.6 Å². The fourth-order valence-corrected chi connectivity index (χ4v) is 3.88. The van der Waals surface area contributed by atoms with Crippen LogP contribution in [0.1, 0.15) is 18.4 Å². The van der Waals surface area contributed by atoms with Crippen molar-refractivity contribution in [3.8, 4) is 0 Å². The smallest absolute Gasteiger partial charge is 0.230 e. The summed E-state index contributed by atoms with van der Waals surface area (Å²) in [6, 6.07) is 15.9. The fourth-order valence-electron chi connectivity index (χ4n) is 2.99. The van der Waals surface area contributed by atoms with Crippen LogP contribution in [0.3, 0.4) is 0 Å². The molecule has 1 amide bonds. The van der Waals surface area contributed by atoms with E-state index in [-0.39, 0.29) is 11.3 Å². The predicted octanol–water partition coefficient (Wildman–Crippen LogP) is 4.16. The lowest BCUT2D eigenvalue weighted by Crippen LogP contribution is -2.33. The van der Waals surface area contributed by atoms with Gasteiger partial charge in [-0.3, -0.25) is 4.79 Å². The van der Waals surface area contributed by atoms with Crippen LogP contribution in [0.4, 0.5) is 0 Å². The summed E-state index contributed by atoms with van der Waals surface area (Å²) in [4.78, 5) is 19.8. The molecular weight excluding hydrogens is 354 g/mol. The zero-order chi connectivity index (χ0) is 17.3. The molecule has 0 aliphatic heterocycles. The van der Waals surface area contributed by atoms with Crippen molar-refractivity contribution >= 4 is 40.3 Å². The first-order valence-corrected chi connectivity index (χ1v) is 9.61. The standard InChI is InChI=1S/C19H18ClN3OS/c20-14-6-7-15-16(10-14)23-18(22-15)25-11-17(24)21-12-19(8-9-19)13-4-2-1-3-5-13/h1-7,10H,8-9,11-12H2,(H,21,24)(H,22,23). The van der Waals surface area contributed by atoms with Gasteiger partial charge in [0.15, 0.2) is 5.16 Å². The highest BCUT2D eigenvalue weighted by Gasteiger charge is 2.44. The topological polar surface area (TPSA) is 57.8 Å². The highest BCUT2D eigenvalue weighted by atomic mass is 35.5. The molecule has 3 aromatic rings. The molecule has 6 heteroatoms. The van der Waals surface area contributed by atoms with Crippen LogP contribution in [0.2, 0.25) is 5.02 Å². The molecule has 4 nitrogen and oxygen atoms in total. The number of fused-ring (bicyclic) bond motifs is 1. The highest BCUT2D eigenvalue weighted by Crippen LogP contribution is 2.47. The van der Waals surface area contributed by atoms with E-state index >= 15 is 0 Å². The minimum atomic E-state index is 0.0331. The van der Waals surface area contributed by atoms with Crippen molar-refractivity contribution in [2.75, 3.05) is 12.3 Å². The van der Waals surface area contributed by atoms with Gasteiger partial charge in [-0.1, -0.05) is 53.7 Å². The van der Waals surface area contributed by atoms with Gasteiger partial charge in [0.1, 0.15) is 0 Å². The third-order valence-corrected chi connectivity index (χ3v) is 5.73. The molecule has 0 saturated heterocycles. The molecule has 25 heavy (non-hydrogen) atoms. The summed E-state index contributed by atoms with van der Waals surface area (Å²) < 4.78 is 0. The van der Waals surface area contributed by atoms with Gasteiger partial charge in [0, 0.05) is 17.0 Å². The maximum absolute atomic E-state index is 12.2. The van der Waals surface area contributed by atoms with Crippen molar-refractivity contribution in [2.24, 2.45) is 0 Å². The predicted molar refractivity (Wildman–Crippen MR) is 102 cm³/mol. The van der Waals surface area contributed by atoms with Crippen LogP contribution in [0.25, 0.3) is 11.0 Å². The zero-order valence-electron chi connectivity index (χ0n) is 13.6. The molecule has 0 bridgehead atoms. The van der Waals surface area contributed by atoms with Gasteiger partial charge in [0.25, 0.3) is 0 Å². The number of nitrogens with one attached hydrogen (secondary N) is 2. The number of hydrogen-bond acceptors (Lipinski definition) is 3. The Labute approximate surface area is 155 Å². The minimum Gasteiger partial charge on any atom is -0.354 e. The highest BCUT2D eigenvalue weighted by molar-refractivity contribution is 7.99. The summed E-state index contributed by atoms with van der Waals surface area (Å²) in [6.07, 6.45) is 2.27. The lowest BCUT2D eigenvalue weighted by molar-refractivity contribution is -0.118. The summed E-state index contributed by atoms with van der Waals surface area (Å²) in [6.45, 7) is 0.701. The molecule has 1 heterocycles. The Kier molecular flexibility index (Phi) is 4.44. The molecule has 4 rings (SSSR count). The van der Waals surface area contributed by atoms with Gasteiger partial charge in [-0.25, -0.2) is 4.98 Å². The molecule has 0 atom stereocenters. The van der Waals surface area contributed by atoms with Crippen LogP contribution in [0.15, 0.2) is 53.7 Å².